The summed E-state index contributed by atoms with van der Waals surface area (Å²) in [5.41, 5.74) is 0.542. The largest absolute Gasteiger partial charge is 0.462 e. The van der Waals surface area contributed by atoms with Crippen LogP contribution in [-0.4, -0.2) is 24.2 Å². The minimum absolute atomic E-state index is 0.0581. The van der Waals surface area contributed by atoms with Crippen molar-refractivity contribution in [3.63, 3.8) is 0 Å². The highest BCUT2D eigenvalue weighted by Gasteiger charge is 2.16. The third-order valence-corrected chi connectivity index (χ3v) is 2.90. The Balaban J connectivity index is 2.49. The fourth-order valence-corrected chi connectivity index (χ4v) is 1.94. The first-order chi connectivity index (χ1) is 9.52. The van der Waals surface area contributed by atoms with Gasteiger partial charge in [-0.1, -0.05) is 11.6 Å². The van der Waals surface area contributed by atoms with Crippen LogP contribution in [0.25, 0.3) is 10.9 Å². The van der Waals surface area contributed by atoms with E-state index in [2.05, 4.69) is 9.72 Å². The number of nitrogens with zero attached hydrogens (tertiary/aromatic N) is 1. The molecule has 20 heavy (non-hydrogen) atoms. The fraction of sp³-hybridized carbons (Fsp3) is 0.231. The summed E-state index contributed by atoms with van der Waals surface area (Å²) in [7, 11) is 0. The SMILES string of the molecule is CCOC(=O)c1cnc2ccc(OC(F)F)cc2c1Cl. The molecule has 1 heterocycles. The molecule has 0 saturated heterocycles. The molecule has 1 aromatic carbocycles. The van der Waals surface area contributed by atoms with E-state index in [4.69, 9.17) is 16.3 Å². The summed E-state index contributed by atoms with van der Waals surface area (Å²) < 4.78 is 33.5. The Labute approximate surface area is 118 Å². The number of halogens is 3. The van der Waals surface area contributed by atoms with Crippen LogP contribution in [0.4, 0.5) is 8.78 Å². The number of benzene rings is 1. The number of carbonyl (C=O) groups excluding carboxylic acids is 1. The first-order valence-electron chi connectivity index (χ1n) is 5.73. The van der Waals surface area contributed by atoms with Gasteiger partial charge < -0.3 is 9.47 Å². The maximum Gasteiger partial charge on any atom is 0.387 e. The van der Waals surface area contributed by atoms with Crippen molar-refractivity contribution in [3.8, 4) is 5.75 Å². The number of aromatic nitrogens is 1. The number of rotatable bonds is 4. The molecular formula is C13H10ClF2NO3. The van der Waals surface area contributed by atoms with Gasteiger partial charge in [0, 0.05) is 11.6 Å². The van der Waals surface area contributed by atoms with Gasteiger partial charge in [-0.2, -0.15) is 8.78 Å². The van der Waals surface area contributed by atoms with Crippen molar-refractivity contribution < 1.29 is 23.0 Å². The molecule has 0 aliphatic rings. The molecule has 0 bridgehead atoms. The third-order valence-electron chi connectivity index (χ3n) is 2.49. The van der Waals surface area contributed by atoms with Gasteiger partial charge in [-0.25, -0.2) is 4.79 Å². The molecule has 106 valence electrons. The van der Waals surface area contributed by atoms with E-state index >= 15 is 0 Å². The molecule has 0 unspecified atom stereocenters. The Kier molecular flexibility index (Phi) is 4.34. The van der Waals surface area contributed by atoms with Gasteiger partial charge in [0.2, 0.25) is 0 Å². The van der Waals surface area contributed by atoms with Crippen molar-refractivity contribution in [2.45, 2.75) is 13.5 Å². The second-order valence-electron chi connectivity index (χ2n) is 3.76. The second kappa shape index (κ2) is 6.00. The van der Waals surface area contributed by atoms with Gasteiger partial charge in [-0.05, 0) is 25.1 Å². The number of hydrogen-bond donors (Lipinski definition) is 0. The summed E-state index contributed by atoms with van der Waals surface area (Å²) in [6.07, 6.45) is 1.29. The van der Waals surface area contributed by atoms with Crippen molar-refractivity contribution in [3.05, 3.63) is 35.0 Å². The molecule has 0 aliphatic heterocycles. The number of ether oxygens (including phenoxy) is 2. The van der Waals surface area contributed by atoms with Gasteiger partial charge in [-0.15, -0.1) is 0 Å². The molecule has 0 aliphatic carbocycles. The second-order valence-corrected chi connectivity index (χ2v) is 4.14. The molecule has 0 N–H and O–H groups in total. The topological polar surface area (TPSA) is 48.4 Å². The molecule has 7 heteroatoms. The van der Waals surface area contributed by atoms with E-state index in [1.165, 1.54) is 24.4 Å². The summed E-state index contributed by atoms with van der Waals surface area (Å²) in [6, 6.07) is 4.13. The fourth-order valence-electron chi connectivity index (χ4n) is 1.67. The highest BCUT2D eigenvalue weighted by Crippen LogP contribution is 2.29. The van der Waals surface area contributed by atoms with Crippen LogP contribution in [0.15, 0.2) is 24.4 Å². The van der Waals surface area contributed by atoms with E-state index in [-0.39, 0.29) is 22.9 Å². The number of pyridine rings is 1. The van der Waals surface area contributed by atoms with Gasteiger partial charge in [0.1, 0.15) is 5.75 Å². The lowest BCUT2D eigenvalue weighted by Crippen LogP contribution is -2.06. The lowest BCUT2D eigenvalue weighted by molar-refractivity contribution is -0.0497. The summed E-state index contributed by atoms with van der Waals surface area (Å²) in [4.78, 5) is 15.7. The number of esters is 1. The van der Waals surface area contributed by atoms with E-state index < -0.39 is 12.6 Å². The average molecular weight is 302 g/mol. The standard InChI is InChI=1S/C13H10ClF2NO3/c1-2-19-12(18)9-6-17-10-4-3-7(20-13(15)16)5-8(10)11(9)14/h3-6,13H,2H2,1H3. The predicted octanol–water partition coefficient (Wildman–Crippen LogP) is 3.67. The van der Waals surface area contributed by atoms with E-state index in [0.717, 1.165) is 0 Å². The molecule has 2 rings (SSSR count). The Hall–Kier alpha value is -1.95. The van der Waals surface area contributed by atoms with Crippen molar-refractivity contribution >= 4 is 28.5 Å². The molecule has 2 aromatic rings. The lowest BCUT2D eigenvalue weighted by Gasteiger charge is -2.09. The lowest BCUT2D eigenvalue weighted by atomic mass is 10.1. The highest BCUT2D eigenvalue weighted by atomic mass is 35.5. The zero-order valence-corrected chi connectivity index (χ0v) is 11.2. The van der Waals surface area contributed by atoms with Crippen molar-refractivity contribution in [2.24, 2.45) is 0 Å². The zero-order chi connectivity index (χ0) is 14.7. The van der Waals surface area contributed by atoms with Crippen LogP contribution in [0.1, 0.15) is 17.3 Å². The molecule has 0 fully saturated rings. The third kappa shape index (κ3) is 2.96. The maximum absolute atomic E-state index is 12.2. The highest BCUT2D eigenvalue weighted by molar-refractivity contribution is 6.38. The number of carbonyl (C=O) groups is 1. The molecule has 1 aromatic heterocycles. The summed E-state index contributed by atoms with van der Waals surface area (Å²) in [6.45, 7) is -1.08. The Morgan fingerprint density at radius 2 is 2.20 bits per heavy atom. The van der Waals surface area contributed by atoms with E-state index in [0.29, 0.717) is 10.9 Å². The zero-order valence-electron chi connectivity index (χ0n) is 10.4. The normalized spacial score (nSPS) is 10.8. The van der Waals surface area contributed by atoms with Gasteiger partial charge in [-0.3, -0.25) is 4.98 Å². The Morgan fingerprint density at radius 1 is 1.45 bits per heavy atom. The summed E-state index contributed by atoms with van der Waals surface area (Å²) >= 11 is 6.10. The van der Waals surface area contributed by atoms with Crippen LogP contribution in [0.2, 0.25) is 5.02 Å². The minimum Gasteiger partial charge on any atom is -0.462 e. The van der Waals surface area contributed by atoms with Crippen LogP contribution in [0.5, 0.6) is 5.75 Å². The van der Waals surface area contributed by atoms with E-state index in [1.54, 1.807) is 6.92 Å². The van der Waals surface area contributed by atoms with Gasteiger partial charge in [0.15, 0.2) is 0 Å². The van der Waals surface area contributed by atoms with Crippen LogP contribution >= 0.6 is 11.6 Å². The predicted molar refractivity (Wildman–Crippen MR) is 69.3 cm³/mol. The Morgan fingerprint density at radius 3 is 2.85 bits per heavy atom. The quantitative estimate of drug-likeness (QED) is 0.809. The van der Waals surface area contributed by atoms with Crippen molar-refractivity contribution in [1.29, 1.82) is 0 Å². The first kappa shape index (κ1) is 14.5. The van der Waals surface area contributed by atoms with Gasteiger partial charge >= 0.3 is 12.6 Å². The molecule has 0 radical (unpaired) electrons. The van der Waals surface area contributed by atoms with Crippen LogP contribution in [-0.2, 0) is 4.74 Å². The molecule has 4 nitrogen and oxygen atoms in total. The van der Waals surface area contributed by atoms with Gasteiger partial charge in [0.05, 0.1) is 22.7 Å². The molecule has 0 spiro atoms. The number of alkyl halides is 2. The Bertz CT molecular complexity index is 649. The van der Waals surface area contributed by atoms with Crippen LogP contribution < -0.4 is 4.74 Å². The average Bonchev–Trinajstić information content (AvgIpc) is 2.39. The monoisotopic (exact) mass is 301 g/mol. The first-order valence-corrected chi connectivity index (χ1v) is 6.11. The number of hydrogen-bond acceptors (Lipinski definition) is 4. The van der Waals surface area contributed by atoms with Gasteiger partial charge in [0.25, 0.3) is 0 Å². The molecule has 0 atom stereocenters. The van der Waals surface area contributed by atoms with E-state index in [1.807, 2.05) is 0 Å². The summed E-state index contributed by atoms with van der Waals surface area (Å²) in [5, 5.41) is 0.434. The molecular weight excluding hydrogens is 292 g/mol. The van der Waals surface area contributed by atoms with Crippen LogP contribution in [0.3, 0.4) is 0 Å². The van der Waals surface area contributed by atoms with E-state index in [9.17, 15) is 13.6 Å². The van der Waals surface area contributed by atoms with Crippen molar-refractivity contribution in [2.75, 3.05) is 6.61 Å². The molecule has 0 amide bonds. The van der Waals surface area contributed by atoms with Crippen molar-refractivity contribution in [1.82, 2.24) is 4.98 Å². The minimum atomic E-state index is -2.94. The smallest absolute Gasteiger partial charge is 0.387 e. The maximum atomic E-state index is 12.2. The summed E-state index contributed by atoms with van der Waals surface area (Å²) in [5.74, 6) is -0.677. The molecule has 0 saturated carbocycles. The number of fused-ring (bicyclic) bond motifs is 1. The van der Waals surface area contributed by atoms with Crippen LogP contribution in [0, 0.1) is 0 Å².